The maximum atomic E-state index is 12.2. The number of aromatic nitrogens is 1. The first kappa shape index (κ1) is 12.5. The van der Waals surface area contributed by atoms with Crippen LogP contribution in [0.2, 0.25) is 5.02 Å². The van der Waals surface area contributed by atoms with E-state index in [4.69, 9.17) is 11.6 Å². The minimum Gasteiger partial charge on any atom is -0.350 e. The zero-order valence-corrected chi connectivity index (χ0v) is 11.3. The second-order valence-electron chi connectivity index (χ2n) is 4.90. The van der Waals surface area contributed by atoms with Crippen LogP contribution in [0.3, 0.4) is 0 Å². The van der Waals surface area contributed by atoms with Gasteiger partial charge in [0, 0.05) is 28.5 Å². The Morgan fingerprint density at radius 3 is 3.05 bits per heavy atom. The van der Waals surface area contributed by atoms with E-state index in [1.807, 2.05) is 24.3 Å². The first-order valence-electron chi connectivity index (χ1n) is 6.53. The van der Waals surface area contributed by atoms with E-state index in [-0.39, 0.29) is 11.9 Å². The maximum Gasteiger partial charge on any atom is 0.267 e. The van der Waals surface area contributed by atoms with Gasteiger partial charge in [-0.25, -0.2) is 0 Å². The molecular formula is C14H16ClN3O. The van der Waals surface area contributed by atoms with E-state index in [1.165, 1.54) is 0 Å². The third-order valence-electron chi connectivity index (χ3n) is 3.49. The number of amides is 1. The summed E-state index contributed by atoms with van der Waals surface area (Å²) in [5.74, 6) is -0.0685. The Bertz CT molecular complexity index is 602. The highest BCUT2D eigenvalue weighted by molar-refractivity contribution is 6.35. The van der Waals surface area contributed by atoms with Gasteiger partial charge in [-0.1, -0.05) is 17.7 Å². The molecule has 1 aliphatic rings. The fraction of sp³-hybridized carbons (Fsp3) is 0.357. The van der Waals surface area contributed by atoms with E-state index in [2.05, 4.69) is 15.6 Å². The van der Waals surface area contributed by atoms with Crippen molar-refractivity contribution in [1.82, 2.24) is 15.6 Å². The van der Waals surface area contributed by atoms with Crippen LogP contribution in [0.25, 0.3) is 10.9 Å². The lowest BCUT2D eigenvalue weighted by molar-refractivity contribution is 0.0926. The largest absolute Gasteiger partial charge is 0.350 e. The van der Waals surface area contributed by atoms with Crippen molar-refractivity contribution in [3.8, 4) is 0 Å². The third-order valence-corrected chi connectivity index (χ3v) is 3.82. The summed E-state index contributed by atoms with van der Waals surface area (Å²) in [5.41, 5.74) is 1.45. The van der Waals surface area contributed by atoms with E-state index in [9.17, 15) is 4.79 Å². The molecule has 3 N–H and O–H groups in total. The van der Waals surface area contributed by atoms with Crippen molar-refractivity contribution in [3.63, 3.8) is 0 Å². The molecule has 1 fully saturated rings. The lowest BCUT2D eigenvalue weighted by Crippen LogP contribution is -2.45. The van der Waals surface area contributed by atoms with Crippen molar-refractivity contribution in [2.75, 3.05) is 13.1 Å². The molecule has 5 heteroatoms. The summed E-state index contributed by atoms with van der Waals surface area (Å²) in [4.78, 5) is 15.3. The lowest BCUT2D eigenvalue weighted by atomic mass is 10.1. The van der Waals surface area contributed by atoms with Crippen molar-refractivity contribution in [1.29, 1.82) is 0 Å². The van der Waals surface area contributed by atoms with E-state index in [0.29, 0.717) is 10.7 Å². The van der Waals surface area contributed by atoms with Crippen LogP contribution in [0, 0.1) is 0 Å². The van der Waals surface area contributed by atoms with Gasteiger partial charge in [0.15, 0.2) is 0 Å². The van der Waals surface area contributed by atoms with Gasteiger partial charge in [0.25, 0.3) is 5.91 Å². The SMILES string of the molecule is O=C(N[C@@H]1CCCNC1)c1cc2c(Cl)cccc2[nH]1. The molecule has 3 rings (SSSR count). The van der Waals surface area contributed by atoms with Crippen LogP contribution >= 0.6 is 11.6 Å². The molecule has 1 amide bonds. The van der Waals surface area contributed by atoms with E-state index < -0.39 is 0 Å². The number of H-pyrrole nitrogens is 1. The predicted molar refractivity (Wildman–Crippen MR) is 76.7 cm³/mol. The molecule has 100 valence electrons. The minimum atomic E-state index is -0.0685. The Labute approximate surface area is 116 Å². The molecule has 0 radical (unpaired) electrons. The second-order valence-corrected chi connectivity index (χ2v) is 5.31. The van der Waals surface area contributed by atoms with E-state index in [1.54, 1.807) is 0 Å². The van der Waals surface area contributed by atoms with Gasteiger partial charge in [0.2, 0.25) is 0 Å². The van der Waals surface area contributed by atoms with Gasteiger partial charge in [0.05, 0.1) is 0 Å². The van der Waals surface area contributed by atoms with Gasteiger partial charge in [0.1, 0.15) is 5.69 Å². The Morgan fingerprint density at radius 1 is 1.42 bits per heavy atom. The Morgan fingerprint density at radius 2 is 2.32 bits per heavy atom. The summed E-state index contributed by atoms with van der Waals surface area (Å²) in [6.45, 7) is 1.88. The molecule has 1 aromatic carbocycles. The van der Waals surface area contributed by atoms with Crippen LogP contribution in [0.5, 0.6) is 0 Å². The maximum absolute atomic E-state index is 12.2. The fourth-order valence-corrected chi connectivity index (χ4v) is 2.71. The number of carbonyl (C=O) groups excluding carboxylic acids is 1. The molecule has 0 spiro atoms. The highest BCUT2D eigenvalue weighted by Crippen LogP contribution is 2.23. The van der Waals surface area contributed by atoms with Gasteiger partial charge < -0.3 is 15.6 Å². The number of hydrogen-bond donors (Lipinski definition) is 3. The second kappa shape index (κ2) is 5.23. The molecule has 0 unspecified atom stereocenters. The van der Waals surface area contributed by atoms with Crippen molar-refractivity contribution < 1.29 is 4.79 Å². The number of benzene rings is 1. The fourth-order valence-electron chi connectivity index (χ4n) is 2.48. The normalized spacial score (nSPS) is 19.5. The average Bonchev–Trinajstić information content (AvgIpc) is 2.85. The van der Waals surface area contributed by atoms with Gasteiger partial charge in [-0.3, -0.25) is 4.79 Å². The van der Waals surface area contributed by atoms with Crippen LogP contribution in [-0.2, 0) is 0 Å². The highest BCUT2D eigenvalue weighted by atomic mass is 35.5. The summed E-state index contributed by atoms with van der Waals surface area (Å²) in [6, 6.07) is 7.63. The molecule has 1 saturated heterocycles. The predicted octanol–water partition coefficient (Wildman–Crippen LogP) is 2.30. The van der Waals surface area contributed by atoms with Crippen molar-refractivity contribution in [2.24, 2.45) is 0 Å². The number of fused-ring (bicyclic) bond motifs is 1. The Kier molecular flexibility index (Phi) is 3.44. The third kappa shape index (κ3) is 2.60. The zero-order chi connectivity index (χ0) is 13.2. The summed E-state index contributed by atoms with van der Waals surface area (Å²) >= 11 is 6.11. The molecule has 19 heavy (non-hydrogen) atoms. The molecule has 1 aromatic heterocycles. The number of aromatic amines is 1. The van der Waals surface area contributed by atoms with Gasteiger partial charge >= 0.3 is 0 Å². The van der Waals surface area contributed by atoms with Crippen LogP contribution in [-0.4, -0.2) is 30.0 Å². The molecule has 0 aliphatic carbocycles. The topological polar surface area (TPSA) is 56.9 Å². The standard InChI is InChI=1S/C14H16ClN3O/c15-11-4-1-5-12-10(11)7-13(18-12)14(19)17-9-3-2-6-16-8-9/h1,4-5,7,9,16,18H,2-3,6,8H2,(H,17,19)/t9-/m1/s1. The lowest BCUT2D eigenvalue weighted by Gasteiger charge is -2.23. The molecule has 0 bridgehead atoms. The quantitative estimate of drug-likeness (QED) is 0.789. The monoisotopic (exact) mass is 277 g/mol. The van der Waals surface area contributed by atoms with Crippen LogP contribution in [0.4, 0.5) is 0 Å². The van der Waals surface area contributed by atoms with Crippen LogP contribution in [0.15, 0.2) is 24.3 Å². The van der Waals surface area contributed by atoms with Crippen LogP contribution < -0.4 is 10.6 Å². The van der Waals surface area contributed by atoms with Crippen LogP contribution in [0.1, 0.15) is 23.3 Å². The molecular weight excluding hydrogens is 262 g/mol. The highest BCUT2D eigenvalue weighted by Gasteiger charge is 2.17. The Hall–Kier alpha value is -1.52. The molecule has 2 heterocycles. The van der Waals surface area contributed by atoms with Gasteiger partial charge in [-0.05, 0) is 37.6 Å². The summed E-state index contributed by atoms with van der Waals surface area (Å²) < 4.78 is 0. The van der Waals surface area contributed by atoms with Crippen molar-refractivity contribution >= 4 is 28.4 Å². The number of carbonyl (C=O) groups is 1. The first-order valence-corrected chi connectivity index (χ1v) is 6.90. The van der Waals surface area contributed by atoms with E-state index in [0.717, 1.165) is 36.8 Å². The average molecular weight is 278 g/mol. The molecule has 4 nitrogen and oxygen atoms in total. The Balaban J connectivity index is 1.79. The minimum absolute atomic E-state index is 0.0685. The smallest absolute Gasteiger partial charge is 0.267 e. The van der Waals surface area contributed by atoms with Crippen molar-refractivity contribution in [2.45, 2.75) is 18.9 Å². The summed E-state index contributed by atoms with van der Waals surface area (Å²) in [5, 5.41) is 7.87. The van der Waals surface area contributed by atoms with Gasteiger partial charge in [-0.2, -0.15) is 0 Å². The number of piperidine rings is 1. The molecule has 1 aliphatic heterocycles. The molecule has 2 aromatic rings. The number of hydrogen-bond acceptors (Lipinski definition) is 2. The number of halogens is 1. The summed E-state index contributed by atoms with van der Waals surface area (Å²) in [6.07, 6.45) is 2.13. The van der Waals surface area contributed by atoms with Crippen molar-refractivity contribution in [3.05, 3.63) is 35.0 Å². The summed E-state index contributed by atoms with van der Waals surface area (Å²) in [7, 11) is 0. The van der Waals surface area contributed by atoms with Gasteiger partial charge in [-0.15, -0.1) is 0 Å². The number of rotatable bonds is 2. The molecule has 0 saturated carbocycles. The zero-order valence-electron chi connectivity index (χ0n) is 10.5. The first-order chi connectivity index (χ1) is 9.24. The molecule has 1 atom stereocenters. The van der Waals surface area contributed by atoms with E-state index >= 15 is 0 Å². The number of nitrogens with one attached hydrogen (secondary N) is 3.